The first-order valence-corrected chi connectivity index (χ1v) is 9.64. The van der Waals surface area contributed by atoms with E-state index >= 15 is 0 Å². The lowest BCUT2D eigenvalue weighted by Crippen LogP contribution is -2.08. The number of para-hydroxylation sites is 2. The molecule has 1 aromatic heterocycles. The summed E-state index contributed by atoms with van der Waals surface area (Å²) in [6, 6.07) is 14.6. The number of anilines is 1. The third-order valence-electron chi connectivity index (χ3n) is 3.62. The lowest BCUT2D eigenvalue weighted by Gasteiger charge is -2.10. The zero-order chi connectivity index (χ0) is 20.3. The molecule has 0 atom stereocenters. The van der Waals surface area contributed by atoms with Gasteiger partial charge in [-0.15, -0.1) is 0 Å². The first-order valence-electron chi connectivity index (χ1n) is 8.00. The molecule has 144 valence electrons. The average molecular weight is 417 g/mol. The Morgan fingerprint density at radius 1 is 0.821 bits per heavy atom. The van der Waals surface area contributed by atoms with E-state index in [-0.39, 0.29) is 11.4 Å². The number of furan rings is 1. The quantitative estimate of drug-likeness (QED) is 0.368. The Hall–Kier alpha value is -2.98. The van der Waals surface area contributed by atoms with Gasteiger partial charge in [-0.05, 0) is 23.9 Å². The average Bonchev–Trinajstić information content (AvgIpc) is 3.05. The molecule has 1 heterocycles. The van der Waals surface area contributed by atoms with Crippen LogP contribution in [0.1, 0.15) is 0 Å². The van der Waals surface area contributed by atoms with Crippen molar-refractivity contribution in [2.75, 3.05) is 19.0 Å². The molecule has 0 fully saturated rings. The highest BCUT2D eigenvalue weighted by atomic mass is 32.2. The van der Waals surface area contributed by atoms with Gasteiger partial charge in [0.05, 0.1) is 24.5 Å². The predicted molar refractivity (Wildman–Crippen MR) is 107 cm³/mol. The number of nitro groups is 2. The molecule has 0 saturated heterocycles. The molecule has 3 rings (SSSR count). The Morgan fingerprint density at radius 2 is 1.32 bits per heavy atom. The molecule has 0 aliphatic heterocycles. The van der Waals surface area contributed by atoms with E-state index in [2.05, 4.69) is 0 Å². The van der Waals surface area contributed by atoms with Crippen LogP contribution < -0.4 is 4.90 Å². The van der Waals surface area contributed by atoms with Crippen LogP contribution in [0.5, 0.6) is 0 Å². The minimum atomic E-state index is -0.443. The van der Waals surface area contributed by atoms with Crippen LogP contribution in [0.3, 0.4) is 0 Å². The van der Waals surface area contributed by atoms with E-state index in [0.717, 1.165) is 11.8 Å². The minimum absolute atomic E-state index is 0.00584. The molecule has 3 aromatic rings. The summed E-state index contributed by atoms with van der Waals surface area (Å²) >= 11 is 2.35. The topological polar surface area (TPSA) is 103 Å². The van der Waals surface area contributed by atoms with E-state index in [4.69, 9.17) is 4.42 Å². The van der Waals surface area contributed by atoms with Gasteiger partial charge in [-0.2, -0.15) is 0 Å². The van der Waals surface area contributed by atoms with Gasteiger partial charge < -0.3 is 9.32 Å². The summed E-state index contributed by atoms with van der Waals surface area (Å²) in [7, 11) is 3.59. The molecule has 0 radical (unpaired) electrons. The molecule has 28 heavy (non-hydrogen) atoms. The monoisotopic (exact) mass is 417 g/mol. The number of hydrogen-bond donors (Lipinski definition) is 0. The Morgan fingerprint density at radius 3 is 1.82 bits per heavy atom. The summed E-state index contributed by atoms with van der Waals surface area (Å²) in [5, 5.41) is 22.9. The van der Waals surface area contributed by atoms with E-state index in [1.54, 1.807) is 61.5 Å². The molecule has 0 amide bonds. The number of nitro benzene ring substituents is 2. The molecule has 0 N–H and O–H groups in total. The van der Waals surface area contributed by atoms with Crippen LogP contribution in [0, 0.1) is 20.2 Å². The highest BCUT2D eigenvalue weighted by molar-refractivity contribution is 8.00. The second-order valence-electron chi connectivity index (χ2n) is 5.78. The molecule has 2 aromatic carbocycles. The summed E-state index contributed by atoms with van der Waals surface area (Å²) in [4.78, 5) is 25.0. The molecule has 0 spiro atoms. The van der Waals surface area contributed by atoms with Gasteiger partial charge in [0.15, 0.2) is 5.09 Å². The smallest absolute Gasteiger partial charge is 0.283 e. The van der Waals surface area contributed by atoms with Crippen molar-refractivity contribution in [3.05, 3.63) is 74.8 Å². The lowest BCUT2D eigenvalue weighted by molar-refractivity contribution is -0.387. The van der Waals surface area contributed by atoms with Crippen LogP contribution in [0.4, 0.5) is 17.3 Å². The number of hydrogen-bond acceptors (Lipinski definition) is 8. The van der Waals surface area contributed by atoms with Gasteiger partial charge in [-0.3, -0.25) is 20.2 Å². The first-order chi connectivity index (χ1) is 13.4. The van der Waals surface area contributed by atoms with Crippen LogP contribution in [0.25, 0.3) is 0 Å². The maximum absolute atomic E-state index is 11.3. The fourth-order valence-electron chi connectivity index (χ4n) is 2.39. The Kier molecular flexibility index (Phi) is 5.90. The standard InChI is InChI=1S/C18H15N3O5S2/c1-19(2)18-16(27-14-9-5-3-7-12(14)20(22)23)11-17(26-18)28-15-10-6-4-8-13(15)21(24)25/h3-11H,1-2H3. The van der Waals surface area contributed by atoms with Crippen molar-refractivity contribution in [1.29, 1.82) is 0 Å². The SMILES string of the molecule is CN(C)c1oc(Sc2ccccc2[N+](=O)[O-])cc1Sc1ccccc1[N+](=O)[O-]. The highest BCUT2D eigenvalue weighted by Crippen LogP contribution is 2.45. The second kappa shape index (κ2) is 8.36. The van der Waals surface area contributed by atoms with Crippen LogP contribution in [-0.4, -0.2) is 23.9 Å². The van der Waals surface area contributed by atoms with Crippen LogP contribution >= 0.6 is 23.5 Å². The molecule has 8 nitrogen and oxygen atoms in total. The first kappa shape index (κ1) is 19.8. The van der Waals surface area contributed by atoms with Gasteiger partial charge in [0, 0.05) is 32.3 Å². The molecular formula is C18H15N3O5S2. The Labute approximate surface area is 168 Å². The molecule has 0 bridgehead atoms. The number of benzene rings is 2. The van der Waals surface area contributed by atoms with E-state index in [0.29, 0.717) is 25.7 Å². The fourth-order valence-corrected chi connectivity index (χ4v) is 4.49. The third-order valence-corrected chi connectivity index (χ3v) is 5.66. The normalized spacial score (nSPS) is 10.6. The van der Waals surface area contributed by atoms with Gasteiger partial charge in [0.25, 0.3) is 11.4 Å². The summed E-state index contributed by atoms with van der Waals surface area (Å²) in [6.07, 6.45) is 0. The van der Waals surface area contributed by atoms with Gasteiger partial charge in [0.2, 0.25) is 5.88 Å². The van der Waals surface area contributed by atoms with Crippen LogP contribution in [0.15, 0.2) is 78.8 Å². The van der Waals surface area contributed by atoms with E-state index < -0.39 is 9.85 Å². The van der Waals surface area contributed by atoms with E-state index in [1.807, 2.05) is 0 Å². The van der Waals surface area contributed by atoms with Crippen molar-refractivity contribution in [2.24, 2.45) is 0 Å². The van der Waals surface area contributed by atoms with Gasteiger partial charge in [-0.1, -0.05) is 36.0 Å². The van der Waals surface area contributed by atoms with Crippen molar-refractivity contribution in [3.63, 3.8) is 0 Å². The Bertz CT molecular complexity index is 1040. The third kappa shape index (κ3) is 4.29. The van der Waals surface area contributed by atoms with Crippen molar-refractivity contribution < 1.29 is 14.3 Å². The van der Waals surface area contributed by atoms with Crippen molar-refractivity contribution in [1.82, 2.24) is 0 Å². The van der Waals surface area contributed by atoms with Gasteiger partial charge in [-0.25, -0.2) is 0 Å². The highest BCUT2D eigenvalue weighted by Gasteiger charge is 2.22. The van der Waals surface area contributed by atoms with Crippen molar-refractivity contribution in [2.45, 2.75) is 19.8 Å². The molecule has 0 saturated carbocycles. The summed E-state index contributed by atoms with van der Waals surface area (Å²) in [5.74, 6) is 0.518. The summed E-state index contributed by atoms with van der Waals surface area (Å²) < 4.78 is 5.86. The minimum Gasteiger partial charge on any atom is -0.433 e. The van der Waals surface area contributed by atoms with E-state index in [9.17, 15) is 20.2 Å². The zero-order valence-electron chi connectivity index (χ0n) is 14.9. The summed E-state index contributed by atoms with van der Waals surface area (Å²) in [5.41, 5.74) is -0.00508. The lowest BCUT2D eigenvalue weighted by atomic mass is 10.3. The number of rotatable bonds is 7. The molecular weight excluding hydrogens is 402 g/mol. The summed E-state index contributed by atoms with van der Waals surface area (Å²) in [6.45, 7) is 0. The molecule has 0 unspecified atom stereocenters. The molecule has 0 aliphatic rings. The Balaban J connectivity index is 1.96. The predicted octanol–water partition coefficient (Wildman–Crippen LogP) is 5.46. The second-order valence-corrected chi connectivity index (χ2v) is 7.91. The zero-order valence-corrected chi connectivity index (χ0v) is 16.5. The van der Waals surface area contributed by atoms with Crippen LogP contribution in [0.2, 0.25) is 0 Å². The number of nitrogens with zero attached hydrogens (tertiary/aromatic N) is 3. The maximum atomic E-state index is 11.3. The van der Waals surface area contributed by atoms with E-state index in [1.165, 1.54) is 23.9 Å². The van der Waals surface area contributed by atoms with Crippen LogP contribution in [-0.2, 0) is 0 Å². The van der Waals surface area contributed by atoms with Crippen molar-refractivity contribution >= 4 is 40.8 Å². The fraction of sp³-hybridized carbons (Fsp3) is 0.111. The van der Waals surface area contributed by atoms with Gasteiger partial charge in [0.1, 0.15) is 0 Å². The maximum Gasteiger partial charge on any atom is 0.283 e. The largest absolute Gasteiger partial charge is 0.433 e. The molecule has 10 heteroatoms. The van der Waals surface area contributed by atoms with Crippen molar-refractivity contribution in [3.8, 4) is 0 Å². The van der Waals surface area contributed by atoms with Gasteiger partial charge >= 0.3 is 0 Å². The molecule has 0 aliphatic carbocycles.